The van der Waals surface area contributed by atoms with Gasteiger partial charge >= 0.3 is 0 Å². The molecule has 0 bridgehead atoms. The van der Waals surface area contributed by atoms with Gasteiger partial charge in [-0.15, -0.1) is 22.7 Å². The normalized spacial score (nSPS) is 11.6. The van der Waals surface area contributed by atoms with E-state index in [1.807, 2.05) is 22.7 Å². The van der Waals surface area contributed by atoms with Crippen molar-refractivity contribution in [2.24, 2.45) is 0 Å². The van der Waals surface area contributed by atoms with Crippen LogP contribution < -0.4 is 9.80 Å². The summed E-state index contributed by atoms with van der Waals surface area (Å²) in [5.41, 5.74) is 16.3. The van der Waals surface area contributed by atoms with Crippen LogP contribution in [0.1, 0.15) is 0 Å². The standard InChI is InChI=1S/C74H48N2S2/c1-5-13-49(14-6-1)53-21-31-61(32-22-53)75(62-33-23-54(24-34-62)50-15-7-2-8-16-50)65-39-29-57-43-67-69-47-70-68-44-58-30-40-66(42-60(58)46-72(68)78-74(70)48-73(69)77-71(67)45-59(57)41-65)76(63-35-25-55(26-36-63)51-17-9-3-10-18-51)64-37-27-56(28-38-64)52-19-11-4-12-20-52/h1-48H. The lowest BCUT2D eigenvalue weighted by atomic mass is 10.0. The molecule has 0 atom stereocenters. The van der Waals surface area contributed by atoms with Gasteiger partial charge in [0.25, 0.3) is 0 Å². The van der Waals surface area contributed by atoms with Gasteiger partial charge in [0.15, 0.2) is 0 Å². The average Bonchev–Trinajstić information content (AvgIpc) is 4.17. The van der Waals surface area contributed by atoms with Gasteiger partial charge in [0.05, 0.1) is 0 Å². The Morgan fingerprint density at radius 2 is 0.436 bits per heavy atom. The second-order valence-corrected chi connectivity index (χ2v) is 22.3. The first-order valence-corrected chi connectivity index (χ1v) is 28.2. The lowest BCUT2D eigenvalue weighted by Crippen LogP contribution is -2.09. The third-order valence-electron chi connectivity index (χ3n) is 15.4. The van der Waals surface area contributed by atoms with Crippen LogP contribution in [-0.2, 0) is 0 Å². The molecule has 0 aliphatic rings. The fourth-order valence-electron chi connectivity index (χ4n) is 11.4. The summed E-state index contributed by atoms with van der Waals surface area (Å²) in [4.78, 5) is 4.76. The van der Waals surface area contributed by atoms with Crippen LogP contribution in [0.4, 0.5) is 34.1 Å². The number of hydrogen-bond acceptors (Lipinski definition) is 4. The van der Waals surface area contributed by atoms with E-state index in [0.717, 1.165) is 34.1 Å². The van der Waals surface area contributed by atoms with Gasteiger partial charge < -0.3 is 9.80 Å². The number of benzene rings is 13. The zero-order chi connectivity index (χ0) is 51.5. The molecule has 0 amide bonds. The highest BCUT2D eigenvalue weighted by molar-refractivity contribution is 7.28. The number of anilines is 6. The Labute approximate surface area is 461 Å². The largest absolute Gasteiger partial charge is 0.310 e. The molecule has 0 unspecified atom stereocenters. The lowest BCUT2D eigenvalue weighted by Gasteiger charge is -2.26. The highest BCUT2D eigenvalue weighted by Gasteiger charge is 2.19. The second kappa shape index (κ2) is 19.2. The Hall–Kier alpha value is -9.58. The van der Waals surface area contributed by atoms with Gasteiger partial charge in [-0.1, -0.05) is 182 Å². The molecule has 366 valence electrons. The van der Waals surface area contributed by atoms with Crippen LogP contribution in [0.3, 0.4) is 0 Å². The van der Waals surface area contributed by atoms with Gasteiger partial charge in [-0.3, -0.25) is 0 Å². The summed E-state index contributed by atoms with van der Waals surface area (Å²) in [5.74, 6) is 0. The molecule has 2 aromatic heterocycles. The van der Waals surface area contributed by atoms with Gasteiger partial charge in [-0.25, -0.2) is 0 Å². The molecule has 4 heteroatoms. The smallest absolute Gasteiger partial charge is 0.0468 e. The van der Waals surface area contributed by atoms with E-state index in [2.05, 4.69) is 301 Å². The van der Waals surface area contributed by atoms with Crippen molar-refractivity contribution >= 4 is 119 Å². The number of nitrogens with zero attached hydrogens (tertiary/aromatic N) is 2. The molecule has 0 saturated heterocycles. The molecule has 0 spiro atoms. The number of fused-ring (bicyclic) bond motifs is 8. The molecule has 0 N–H and O–H groups in total. The fourth-order valence-corrected chi connectivity index (χ4v) is 13.8. The highest BCUT2D eigenvalue weighted by atomic mass is 32.1. The quantitative estimate of drug-likeness (QED) is 0.135. The van der Waals surface area contributed by atoms with Crippen LogP contribution in [0.2, 0.25) is 0 Å². The number of rotatable bonds is 10. The molecular weight excluding hydrogens is 981 g/mol. The Kier molecular flexibility index (Phi) is 11.3. The predicted octanol–water partition coefficient (Wildman–Crippen LogP) is 22.3. The van der Waals surface area contributed by atoms with Crippen LogP contribution in [0.5, 0.6) is 0 Å². The first-order valence-electron chi connectivity index (χ1n) is 26.5. The van der Waals surface area contributed by atoms with E-state index >= 15 is 0 Å². The van der Waals surface area contributed by atoms with Crippen molar-refractivity contribution in [1.29, 1.82) is 0 Å². The van der Waals surface area contributed by atoms with Crippen molar-refractivity contribution in [1.82, 2.24) is 0 Å². The van der Waals surface area contributed by atoms with E-state index < -0.39 is 0 Å². The van der Waals surface area contributed by atoms with E-state index in [4.69, 9.17) is 0 Å². The Morgan fingerprint density at radius 3 is 0.744 bits per heavy atom. The van der Waals surface area contributed by atoms with Crippen molar-refractivity contribution < 1.29 is 0 Å². The maximum absolute atomic E-state index is 2.46. The van der Waals surface area contributed by atoms with Crippen molar-refractivity contribution in [3.63, 3.8) is 0 Å². The Bertz CT molecular complexity index is 4200. The molecule has 0 radical (unpaired) electrons. The first-order chi connectivity index (χ1) is 38.6. The summed E-state index contributed by atoms with van der Waals surface area (Å²) >= 11 is 3.80. The molecule has 13 aromatic carbocycles. The molecule has 2 nitrogen and oxygen atoms in total. The van der Waals surface area contributed by atoms with Gasteiger partial charge in [-0.05, 0) is 175 Å². The van der Waals surface area contributed by atoms with Crippen molar-refractivity contribution in [3.8, 4) is 44.5 Å². The Morgan fingerprint density at radius 1 is 0.179 bits per heavy atom. The number of thiophene rings is 2. The zero-order valence-corrected chi connectivity index (χ0v) is 44.1. The van der Waals surface area contributed by atoms with Crippen molar-refractivity contribution in [2.75, 3.05) is 9.80 Å². The van der Waals surface area contributed by atoms with Crippen LogP contribution >= 0.6 is 22.7 Å². The molecule has 2 heterocycles. The molecule has 0 aliphatic heterocycles. The van der Waals surface area contributed by atoms with E-state index in [-0.39, 0.29) is 0 Å². The average molecular weight is 1030 g/mol. The number of hydrogen-bond donors (Lipinski definition) is 0. The van der Waals surface area contributed by atoms with Gasteiger partial charge in [0.2, 0.25) is 0 Å². The van der Waals surface area contributed by atoms with Crippen LogP contribution in [0.25, 0.3) is 106 Å². The van der Waals surface area contributed by atoms with E-state index in [1.165, 1.54) is 106 Å². The van der Waals surface area contributed by atoms with Crippen LogP contribution in [-0.4, -0.2) is 0 Å². The van der Waals surface area contributed by atoms with Crippen LogP contribution in [0.15, 0.2) is 291 Å². The summed E-state index contributed by atoms with van der Waals surface area (Å²) in [6.07, 6.45) is 0. The van der Waals surface area contributed by atoms with E-state index in [9.17, 15) is 0 Å². The van der Waals surface area contributed by atoms with Gasteiger partial charge in [0.1, 0.15) is 0 Å². The van der Waals surface area contributed by atoms with E-state index in [0.29, 0.717) is 0 Å². The maximum Gasteiger partial charge on any atom is 0.0468 e. The maximum atomic E-state index is 2.46. The lowest BCUT2D eigenvalue weighted by molar-refractivity contribution is 1.29. The minimum absolute atomic E-state index is 1.11. The summed E-state index contributed by atoms with van der Waals surface area (Å²) < 4.78 is 5.23. The van der Waals surface area contributed by atoms with Gasteiger partial charge in [-0.2, -0.15) is 0 Å². The predicted molar refractivity (Wildman–Crippen MR) is 338 cm³/mol. The van der Waals surface area contributed by atoms with Gasteiger partial charge in [0, 0.05) is 74.5 Å². The molecule has 0 saturated carbocycles. The third-order valence-corrected chi connectivity index (χ3v) is 17.6. The zero-order valence-electron chi connectivity index (χ0n) is 42.4. The topological polar surface area (TPSA) is 6.48 Å². The third kappa shape index (κ3) is 8.36. The molecule has 15 aromatic rings. The minimum Gasteiger partial charge on any atom is -0.310 e. The van der Waals surface area contributed by atoms with Crippen molar-refractivity contribution in [2.45, 2.75) is 0 Å². The molecule has 78 heavy (non-hydrogen) atoms. The first kappa shape index (κ1) is 45.8. The molecule has 15 rings (SSSR count). The minimum atomic E-state index is 1.11. The summed E-state index contributed by atoms with van der Waals surface area (Å²) in [6.45, 7) is 0. The van der Waals surface area contributed by atoms with Crippen molar-refractivity contribution in [3.05, 3.63) is 291 Å². The Balaban J connectivity index is 0.785. The molecule has 0 aliphatic carbocycles. The molecule has 0 fully saturated rings. The SMILES string of the molecule is c1ccc(-c2ccc(N(c3ccc(-c4ccccc4)cc3)c3ccc4cc5c(cc4c3)sc3cc4sc6cc7cc(N(c8ccc(-c9ccccc9)cc8)c8ccc(-c9ccccc9)cc8)ccc7cc6c4cc35)cc2)cc1. The van der Waals surface area contributed by atoms with E-state index in [1.54, 1.807) is 0 Å². The summed E-state index contributed by atoms with van der Waals surface area (Å²) in [5, 5.41) is 10.2. The highest BCUT2D eigenvalue weighted by Crippen LogP contribution is 2.46. The fraction of sp³-hybridized carbons (Fsp3) is 0. The molecular formula is C74H48N2S2. The summed E-state index contributed by atoms with van der Waals surface area (Å²) in [6, 6.07) is 107. The second-order valence-electron chi connectivity index (χ2n) is 20.1. The monoisotopic (exact) mass is 1030 g/mol. The van der Waals surface area contributed by atoms with Crippen LogP contribution in [0, 0.1) is 0 Å². The summed E-state index contributed by atoms with van der Waals surface area (Å²) in [7, 11) is 0.